The summed E-state index contributed by atoms with van der Waals surface area (Å²) < 4.78 is 18.9. The molecule has 0 saturated carbocycles. The third kappa shape index (κ3) is 3.65. The summed E-state index contributed by atoms with van der Waals surface area (Å²) in [7, 11) is 0. The lowest BCUT2D eigenvalue weighted by Crippen LogP contribution is -2.44. The summed E-state index contributed by atoms with van der Waals surface area (Å²) in [6.07, 6.45) is 1.53. The fraction of sp³-hybridized carbons (Fsp3) is 0.227. The zero-order chi connectivity index (χ0) is 20.4. The van der Waals surface area contributed by atoms with Crippen LogP contribution in [0.25, 0.3) is 17.4 Å². The average molecular weight is 378 g/mol. The van der Waals surface area contributed by atoms with Crippen LogP contribution in [-0.4, -0.2) is 23.3 Å². The molecule has 0 fully saturated rings. The van der Waals surface area contributed by atoms with E-state index in [1.165, 1.54) is 18.2 Å². The molecule has 28 heavy (non-hydrogen) atoms. The number of halogens is 1. The fourth-order valence-corrected chi connectivity index (χ4v) is 3.00. The lowest BCUT2D eigenvalue weighted by molar-refractivity contribution is -0.141. The molecule has 3 rings (SSSR count). The maximum Gasteiger partial charge on any atom is 0.271 e. The van der Waals surface area contributed by atoms with Crippen molar-refractivity contribution in [2.24, 2.45) is 5.92 Å². The van der Waals surface area contributed by atoms with E-state index in [0.717, 1.165) is 4.90 Å². The smallest absolute Gasteiger partial charge is 0.271 e. The predicted octanol–water partition coefficient (Wildman–Crippen LogP) is 4.33. The molecule has 2 amide bonds. The first kappa shape index (κ1) is 19.3. The molecule has 1 aliphatic heterocycles. The van der Waals surface area contributed by atoms with Crippen molar-refractivity contribution in [1.82, 2.24) is 4.90 Å². The summed E-state index contributed by atoms with van der Waals surface area (Å²) in [5.41, 5.74) is 1.23. The molecule has 2 heterocycles. The summed E-state index contributed by atoms with van der Waals surface area (Å²) in [4.78, 5) is 26.4. The Labute approximate surface area is 162 Å². The molecule has 2 aromatic rings. The quantitative estimate of drug-likeness (QED) is 0.586. The Bertz CT molecular complexity index is 1040. The van der Waals surface area contributed by atoms with Crippen LogP contribution in [0.2, 0.25) is 0 Å². The van der Waals surface area contributed by atoms with Crippen molar-refractivity contribution in [2.45, 2.75) is 20.8 Å². The van der Waals surface area contributed by atoms with Crippen LogP contribution in [0.1, 0.15) is 26.5 Å². The molecule has 0 aliphatic carbocycles. The maximum atomic E-state index is 13.1. The summed E-state index contributed by atoms with van der Waals surface area (Å²) in [6, 6.07) is 11.2. The fourth-order valence-electron chi connectivity index (χ4n) is 3.00. The average Bonchev–Trinajstić information content (AvgIpc) is 3.12. The van der Waals surface area contributed by atoms with Gasteiger partial charge >= 0.3 is 0 Å². The van der Waals surface area contributed by atoms with Crippen molar-refractivity contribution in [2.75, 3.05) is 6.54 Å². The van der Waals surface area contributed by atoms with Gasteiger partial charge in [0.2, 0.25) is 0 Å². The first-order valence-corrected chi connectivity index (χ1v) is 8.86. The lowest BCUT2D eigenvalue weighted by atomic mass is 9.94. The van der Waals surface area contributed by atoms with E-state index >= 15 is 0 Å². The van der Waals surface area contributed by atoms with E-state index in [0.29, 0.717) is 22.7 Å². The second kappa shape index (κ2) is 7.65. The molecule has 0 saturated heterocycles. The van der Waals surface area contributed by atoms with E-state index < -0.39 is 11.8 Å². The number of imide groups is 1. The summed E-state index contributed by atoms with van der Waals surface area (Å²) in [5, 5.41) is 9.38. The summed E-state index contributed by atoms with van der Waals surface area (Å²) >= 11 is 0. The van der Waals surface area contributed by atoms with Gasteiger partial charge in [-0.05, 0) is 60.9 Å². The third-order valence-corrected chi connectivity index (χ3v) is 4.42. The van der Waals surface area contributed by atoms with E-state index in [9.17, 15) is 19.2 Å². The lowest BCUT2D eigenvalue weighted by Gasteiger charge is -2.28. The van der Waals surface area contributed by atoms with Gasteiger partial charge in [-0.2, -0.15) is 5.26 Å². The number of carbonyl (C=O) groups excluding carboxylic acids is 2. The van der Waals surface area contributed by atoms with Crippen LogP contribution in [-0.2, 0) is 9.59 Å². The SMILES string of the molecule is CC1=C(C#N)C(=O)N(CC(C)C)C(=O)/C1=C/c1ccc(-c2ccc(F)cc2)o1. The minimum atomic E-state index is -0.567. The number of hydrogen-bond acceptors (Lipinski definition) is 4. The van der Waals surface area contributed by atoms with Crippen LogP contribution in [0.5, 0.6) is 0 Å². The number of rotatable bonds is 4. The number of furan rings is 1. The number of nitrogens with zero attached hydrogens (tertiary/aromatic N) is 2. The minimum Gasteiger partial charge on any atom is -0.457 e. The Hall–Kier alpha value is -3.46. The monoisotopic (exact) mass is 378 g/mol. The highest BCUT2D eigenvalue weighted by atomic mass is 19.1. The van der Waals surface area contributed by atoms with E-state index in [1.54, 1.807) is 31.2 Å². The second-order valence-corrected chi connectivity index (χ2v) is 6.99. The number of benzene rings is 1. The molecule has 1 aliphatic rings. The van der Waals surface area contributed by atoms with Crippen molar-refractivity contribution < 1.29 is 18.4 Å². The van der Waals surface area contributed by atoms with Crippen LogP contribution in [0.4, 0.5) is 4.39 Å². The van der Waals surface area contributed by atoms with Gasteiger partial charge in [0.1, 0.15) is 29.0 Å². The van der Waals surface area contributed by atoms with Crippen LogP contribution in [0.3, 0.4) is 0 Å². The number of amides is 2. The standard InChI is InChI=1S/C22H19FN2O3/c1-13(2)12-25-21(26)18(14(3)19(11-24)22(25)27)10-17-8-9-20(28-17)15-4-6-16(23)7-5-15/h4-10,13H,12H2,1-3H3/b18-10+. The minimum absolute atomic E-state index is 0.0446. The van der Waals surface area contributed by atoms with E-state index in [-0.39, 0.29) is 29.4 Å². The molecule has 142 valence electrons. The van der Waals surface area contributed by atoms with Gasteiger partial charge in [-0.25, -0.2) is 4.39 Å². The van der Waals surface area contributed by atoms with Gasteiger partial charge in [-0.1, -0.05) is 13.8 Å². The highest BCUT2D eigenvalue weighted by Gasteiger charge is 2.35. The molecule has 0 bridgehead atoms. The first-order valence-electron chi connectivity index (χ1n) is 8.86. The molecule has 0 atom stereocenters. The highest BCUT2D eigenvalue weighted by molar-refractivity contribution is 6.19. The first-order chi connectivity index (χ1) is 13.3. The third-order valence-electron chi connectivity index (χ3n) is 4.42. The topological polar surface area (TPSA) is 74.3 Å². The molecule has 6 heteroatoms. The van der Waals surface area contributed by atoms with Crippen LogP contribution in [0, 0.1) is 23.1 Å². The molecular formula is C22H19FN2O3. The number of nitriles is 1. The van der Waals surface area contributed by atoms with Gasteiger partial charge < -0.3 is 4.42 Å². The Morgan fingerprint density at radius 2 is 1.82 bits per heavy atom. The molecule has 0 spiro atoms. The molecule has 0 N–H and O–H groups in total. The Balaban J connectivity index is 2.01. The molecule has 0 radical (unpaired) electrons. The van der Waals surface area contributed by atoms with Crippen molar-refractivity contribution in [3.8, 4) is 17.4 Å². The van der Waals surface area contributed by atoms with Crippen molar-refractivity contribution in [3.63, 3.8) is 0 Å². The molecule has 1 aromatic carbocycles. The largest absolute Gasteiger partial charge is 0.457 e. The van der Waals surface area contributed by atoms with Gasteiger partial charge in [-0.3, -0.25) is 14.5 Å². The van der Waals surface area contributed by atoms with E-state index in [2.05, 4.69) is 0 Å². The molecule has 1 aromatic heterocycles. The molecule has 0 unspecified atom stereocenters. The Kier molecular flexibility index (Phi) is 5.27. The van der Waals surface area contributed by atoms with Gasteiger partial charge in [0.15, 0.2) is 0 Å². The van der Waals surface area contributed by atoms with Gasteiger partial charge in [0.05, 0.1) is 0 Å². The predicted molar refractivity (Wildman–Crippen MR) is 102 cm³/mol. The van der Waals surface area contributed by atoms with Gasteiger partial charge in [-0.15, -0.1) is 0 Å². The van der Waals surface area contributed by atoms with Crippen LogP contribution in [0.15, 0.2) is 57.5 Å². The van der Waals surface area contributed by atoms with Crippen molar-refractivity contribution >= 4 is 17.9 Å². The number of carbonyl (C=O) groups is 2. The normalized spacial score (nSPS) is 16.3. The van der Waals surface area contributed by atoms with Gasteiger partial charge in [0, 0.05) is 17.7 Å². The zero-order valence-electron chi connectivity index (χ0n) is 15.8. The van der Waals surface area contributed by atoms with Gasteiger partial charge in [0.25, 0.3) is 11.8 Å². The molecular weight excluding hydrogens is 359 g/mol. The summed E-state index contributed by atoms with van der Waals surface area (Å²) in [6.45, 7) is 5.59. The highest BCUT2D eigenvalue weighted by Crippen LogP contribution is 2.29. The molecule has 5 nitrogen and oxygen atoms in total. The Morgan fingerprint density at radius 3 is 2.43 bits per heavy atom. The van der Waals surface area contributed by atoms with E-state index in [1.807, 2.05) is 19.9 Å². The summed E-state index contributed by atoms with van der Waals surface area (Å²) in [5.74, 6) is -0.367. The van der Waals surface area contributed by atoms with Crippen molar-refractivity contribution in [3.05, 3.63) is 64.7 Å². The maximum absolute atomic E-state index is 13.1. The Morgan fingerprint density at radius 1 is 1.14 bits per heavy atom. The van der Waals surface area contributed by atoms with E-state index in [4.69, 9.17) is 4.42 Å². The zero-order valence-corrected chi connectivity index (χ0v) is 15.8. The van der Waals surface area contributed by atoms with Crippen molar-refractivity contribution in [1.29, 1.82) is 5.26 Å². The number of hydrogen-bond donors (Lipinski definition) is 0. The van der Waals surface area contributed by atoms with Crippen LogP contribution < -0.4 is 0 Å². The second-order valence-electron chi connectivity index (χ2n) is 6.99. The van der Waals surface area contributed by atoms with Crippen LogP contribution >= 0.6 is 0 Å².